The number of nitrogens with two attached hydrogens (primary N) is 1. The zero-order chi connectivity index (χ0) is 27.1. The molecular formula is C30H33FN6O. The Hall–Kier alpha value is -4.04. The van der Waals surface area contributed by atoms with Crippen LogP contribution in [0.4, 0.5) is 10.1 Å². The average molecular weight is 513 g/mol. The number of halogens is 1. The fraction of sp³-hybridized carbons (Fsp3) is 0.300. The van der Waals surface area contributed by atoms with E-state index >= 15 is 4.39 Å². The quantitative estimate of drug-likeness (QED) is 0.397. The van der Waals surface area contributed by atoms with E-state index in [0.717, 1.165) is 52.1 Å². The summed E-state index contributed by atoms with van der Waals surface area (Å²) >= 11 is 0. The summed E-state index contributed by atoms with van der Waals surface area (Å²) in [6.07, 6.45) is 6.33. The van der Waals surface area contributed by atoms with Crippen molar-refractivity contribution in [2.24, 2.45) is 7.05 Å². The fourth-order valence-electron chi connectivity index (χ4n) is 5.41. The van der Waals surface area contributed by atoms with E-state index in [9.17, 15) is 4.79 Å². The predicted molar refractivity (Wildman–Crippen MR) is 150 cm³/mol. The molecule has 0 spiro atoms. The first-order valence-corrected chi connectivity index (χ1v) is 12.8. The maximum Gasteiger partial charge on any atom is 0.253 e. The molecule has 0 unspecified atom stereocenters. The number of pyridine rings is 2. The van der Waals surface area contributed by atoms with E-state index < -0.39 is 0 Å². The summed E-state index contributed by atoms with van der Waals surface area (Å²) in [4.78, 5) is 25.3. The lowest BCUT2D eigenvalue weighted by Gasteiger charge is -2.32. The summed E-state index contributed by atoms with van der Waals surface area (Å²) in [7, 11) is 5.39. The van der Waals surface area contributed by atoms with Crippen LogP contribution in [0.25, 0.3) is 27.9 Å². The Morgan fingerprint density at radius 2 is 1.95 bits per heavy atom. The number of rotatable bonds is 5. The lowest BCUT2D eigenvalue weighted by Crippen LogP contribution is -2.32. The zero-order valence-electron chi connectivity index (χ0n) is 22.5. The molecule has 2 N–H and O–H groups in total. The molecule has 5 rings (SSSR count). The maximum atomic E-state index is 15.2. The number of nitrogen functional groups attached to an aromatic ring is 1. The summed E-state index contributed by atoms with van der Waals surface area (Å²) in [6, 6.07) is 11.2. The molecule has 1 aliphatic heterocycles. The van der Waals surface area contributed by atoms with Crippen molar-refractivity contribution in [3.63, 3.8) is 0 Å². The van der Waals surface area contributed by atoms with Gasteiger partial charge in [-0.15, -0.1) is 0 Å². The van der Waals surface area contributed by atoms with E-state index in [1.807, 2.05) is 38.4 Å². The summed E-state index contributed by atoms with van der Waals surface area (Å²) in [5.74, 6) is -0.539. The highest BCUT2D eigenvalue weighted by Gasteiger charge is 2.25. The molecule has 0 saturated carbocycles. The van der Waals surface area contributed by atoms with Gasteiger partial charge >= 0.3 is 0 Å². The average Bonchev–Trinajstić information content (AvgIpc) is 3.24. The van der Waals surface area contributed by atoms with Crippen LogP contribution in [-0.2, 0) is 7.05 Å². The third-order valence-corrected chi connectivity index (χ3v) is 7.51. The minimum Gasteiger partial charge on any atom is -0.397 e. The largest absolute Gasteiger partial charge is 0.397 e. The SMILES string of the molecule is Cc1cc(C(=O)N(C)C)cc(F)c1C1=CCN([C@H](C)c2cc3c(-c4ccc(N)cn4)ccnc3n2C)CC1. The number of carbonyl (C=O) groups is 1. The smallest absolute Gasteiger partial charge is 0.253 e. The number of carbonyl (C=O) groups excluding carboxylic acids is 1. The van der Waals surface area contributed by atoms with E-state index in [1.54, 1.807) is 26.4 Å². The number of hydrogen-bond donors (Lipinski definition) is 1. The molecule has 1 aromatic carbocycles. The first kappa shape index (κ1) is 25.6. The molecular weight excluding hydrogens is 479 g/mol. The lowest BCUT2D eigenvalue weighted by molar-refractivity contribution is 0.0827. The molecule has 7 nitrogen and oxygen atoms in total. The van der Waals surface area contributed by atoms with Gasteiger partial charge in [0.1, 0.15) is 11.5 Å². The summed E-state index contributed by atoms with van der Waals surface area (Å²) in [5.41, 5.74) is 13.2. The van der Waals surface area contributed by atoms with Gasteiger partial charge in [0.05, 0.1) is 17.6 Å². The number of benzene rings is 1. The van der Waals surface area contributed by atoms with Crippen LogP contribution in [0.2, 0.25) is 0 Å². The second-order valence-electron chi connectivity index (χ2n) is 10.2. The van der Waals surface area contributed by atoms with Crippen LogP contribution in [-0.4, -0.2) is 57.4 Å². The minimum atomic E-state index is -0.341. The van der Waals surface area contributed by atoms with Gasteiger partial charge in [-0.25, -0.2) is 9.37 Å². The van der Waals surface area contributed by atoms with E-state index in [-0.39, 0.29) is 17.8 Å². The minimum absolute atomic E-state index is 0.130. The topological polar surface area (TPSA) is 80.3 Å². The van der Waals surface area contributed by atoms with Gasteiger partial charge in [0, 0.05) is 74.2 Å². The highest BCUT2D eigenvalue weighted by Crippen LogP contribution is 2.35. The van der Waals surface area contributed by atoms with Gasteiger partial charge in [0.2, 0.25) is 0 Å². The van der Waals surface area contributed by atoms with E-state index in [0.29, 0.717) is 23.4 Å². The van der Waals surface area contributed by atoms with E-state index in [1.165, 1.54) is 11.0 Å². The van der Waals surface area contributed by atoms with Gasteiger partial charge in [-0.3, -0.25) is 14.7 Å². The van der Waals surface area contributed by atoms with Crippen LogP contribution < -0.4 is 5.73 Å². The Bertz CT molecular complexity index is 1530. The van der Waals surface area contributed by atoms with Crippen molar-refractivity contribution in [3.8, 4) is 11.3 Å². The van der Waals surface area contributed by atoms with Crippen molar-refractivity contribution >= 4 is 28.2 Å². The molecule has 0 aliphatic carbocycles. The van der Waals surface area contributed by atoms with Crippen molar-refractivity contribution in [3.05, 3.63) is 83.1 Å². The number of aromatic nitrogens is 3. The second-order valence-corrected chi connectivity index (χ2v) is 10.2. The van der Waals surface area contributed by atoms with Crippen molar-refractivity contribution in [2.45, 2.75) is 26.3 Å². The Labute approximate surface area is 222 Å². The molecule has 4 heterocycles. The Balaban J connectivity index is 1.41. The van der Waals surface area contributed by atoms with Crippen LogP contribution >= 0.6 is 0 Å². The molecule has 0 radical (unpaired) electrons. The van der Waals surface area contributed by atoms with Gasteiger partial charge in [-0.1, -0.05) is 6.08 Å². The Kier molecular flexibility index (Phi) is 6.75. The van der Waals surface area contributed by atoms with E-state index in [4.69, 9.17) is 5.73 Å². The predicted octanol–water partition coefficient (Wildman–Crippen LogP) is 5.22. The third-order valence-electron chi connectivity index (χ3n) is 7.51. The number of hydrogen-bond acceptors (Lipinski definition) is 5. The standard InChI is InChI=1S/C30H33FN6O/c1-18-14-21(30(38)35(3)4)15-25(31)28(18)20-9-12-37(13-10-20)19(2)27-16-24-23(8-11-33-29(24)36(27)5)26-7-6-22(32)17-34-26/h6-9,11,14-17,19H,10,12-13,32H2,1-5H3/t19-/m1/s1. The summed E-state index contributed by atoms with van der Waals surface area (Å²) < 4.78 is 17.3. The maximum absolute atomic E-state index is 15.2. The van der Waals surface area contributed by atoms with Gasteiger partial charge in [-0.05, 0) is 67.8 Å². The number of anilines is 1. The van der Waals surface area contributed by atoms with Gasteiger partial charge in [0.25, 0.3) is 5.91 Å². The first-order valence-electron chi connectivity index (χ1n) is 12.8. The molecule has 1 amide bonds. The molecule has 0 bridgehead atoms. The van der Waals surface area contributed by atoms with Gasteiger partial charge in [-0.2, -0.15) is 0 Å². The Morgan fingerprint density at radius 3 is 2.58 bits per heavy atom. The van der Waals surface area contributed by atoms with Crippen molar-refractivity contribution in [2.75, 3.05) is 32.9 Å². The monoisotopic (exact) mass is 512 g/mol. The van der Waals surface area contributed by atoms with Crippen molar-refractivity contribution in [1.29, 1.82) is 0 Å². The number of nitrogens with zero attached hydrogens (tertiary/aromatic N) is 5. The molecule has 1 aliphatic rings. The van der Waals surface area contributed by atoms with Gasteiger partial charge in [0.15, 0.2) is 0 Å². The summed E-state index contributed by atoms with van der Waals surface area (Å²) in [5, 5.41) is 1.05. The number of aryl methyl sites for hydroxylation is 2. The summed E-state index contributed by atoms with van der Waals surface area (Å²) in [6.45, 7) is 5.57. The van der Waals surface area contributed by atoms with Crippen molar-refractivity contribution < 1.29 is 9.18 Å². The van der Waals surface area contributed by atoms with Crippen LogP contribution in [0.5, 0.6) is 0 Å². The normalized spacial score (nSPS) is 14.9. The molecule has 3 aromatic heterocycles. The highest BCUT2D eigenvalue weighted by molar-refractivity contribution is 5.95. The second kappa shape index (κ2) is 10.0. The van der Waals surface area contributed by atoms with Gasteiger partial charge < -0.3 is 15.2 Å². The van der Waals surface area contributed by atoms with Crippen LogP contribution in [0, 0.1) is 12.7 Å². The number of fused-ring (bicyclic) bond motifs is 1. The Morgan fingerprint density at radius 1 is 1.16 bits per heavy atom. The van der Waals surface area contributed by atoms with Crippen LogP contribution in [0.3, 0.4) is 0 Å². The molecule has 196 valence electrons. The molecule has 38 heavy (non-hydrogen) atoms. The molecule has 8 heteroatoms. The third kappa shape index (κ3) is 4.56. The molecule has 4 aromatic rings. The van der Waals surface area contributed by atoms with E-state index in [2.05, 4.69) is 38.5 Å². The molecule has 0 fully saturated rings. The van der Waals surface area contributed by atoms with Crippen LogP contribution in [0.15, 0.2) is 54.9 Å². The molecule has 1 atom stereocenters. The lowest BCUT2D eigenvalue weighted by atomic mass is 9.92. The van der Waals surface area contributed by atoms with Crippen molar-refractivity contribution in [1.82, 2.24) is 24.3 Å². The fourth-order valence-corrected chi connectivity index (χ4v) is 5.41. The highest BCUT2D eigenvalue weighted by atomic mass is 19.1. The van der Waals surface area contributed by atoms with Crippen LogP contribution in [0.1, 0.15) is 46.6 Å². The molecule has 0 saturated heterocycles. The first-order chi connectivity index (χ1) is 18.2. The zero-order valence-corrected chi connectivity index (χ0v) is 22.5. The number of amides is 1.